The van der Waals surface area contributed by atoms with Crippen molar-refractivity contribution < 1.29 is 40.2 Å². The van der Waals surface area contributed by atoms with Crippen molar-refractivity contribution in [3.63, 3.8) is 0 Å². The Hall–Kier alpha value is -7.91. The van der Waals surface area contributed by atoms with Crippen LogP contribution < -0.4 is 10.4 Å². The summed E-state index contributed by atoms with van der Waals surface area (Å²) in [6.07, 6.45) is 9.84. The van der Waals surface area contributed by atoms with Crippen LogP contribution in [0.1, 0.15) is 113 Å². The van der Waals surface area contributed by atoms with Crippen LogP contribution in [0.3, 0.4) is 0 Å². The molecule has 0 aliphatic carbocycles. The minimum absolute atomic E-state index is 0. The Kier molecular flexibility index (Phi) is 27.2. The molecule has 0 aliphatic heterocycles. The first-order valence-corrected chi connectivity index (χ1v) is 40.4. The SMILES string of the molecule is CC(C)(C)Cc1ccnc(-c2[c-]cc(-c3ccccc3)cc2)c1.CC(C)(C)c1cc[c-]c(-c2cc(Cc3ccccc3)ccn2)c1.CC(C)(c1c[c-]c(-c2ccc([Si](C)(C)C)cn2)cc1)c1ccccc1.CC(c1c[c-]c(-c2ccc([Si](C)(C)C)cn2)cc1)c1ccccc1.[Ir].[Ir]. The van der Waals surface area contributed by atoms with E-state index in [0.717, 1.165) is 57.9 Å². The molecule has 0 fully saturated rings. The van der Waals surface area contributed by atoms with Crippen LogP contribution in [0, 0.1) is 29.7 Å². The zero-order valence-electron chi connectivity index (χ0n) is 59.4. The van der Waals surface area contributed by atoms with E-state index in [1.165, 1.54) is 66.0 Å². The largest absolute Gasteiger partial charge is 0.305 e. The fourth-order valence-electron chi connectivity index (χ4n) is 11.2. The predicted octanol–water partition coefficient (Wildman–Crippen LogP) is 21.9. The van der Waals surface area contributed by atoms with Gasteiger partial charge in [-0.15, -0.1) is 136 Å². The first-order valence-electron chi connectivity index (χ1n) is 33.4. The van der Waals surface area contributed by atoms with Crippen molar-refractivity contribution in [1.29, 1.82) is 0 Å². The molecule has 4 nitrogen and oxygen atoms in total. The van der Waals surface area contributed by atoms with E-state index in [0.29, 0.717) is 5.92 Å². The van der Waals surface area contributed by atoms with Gasteiger partial charge in [0.1, 0.15) is 0 Å². The molecule has 0 amide bonds. The van der Waals surface area contributed by atoms with E-state index in [4.69, 9.17) is 0 Å². The predicted molar refractivity (Wildman–Crippen MR) is 409 cm³/mol. The number of hydrogen-bond acceptors (Lipinski definition) is 4. The minimum atomic E-state index is -1.30. The van der Waals surface area contributed by atoms with Gasteiger partial charge in [-0.2, -0.15) is 0 Å². The Labute approximate surface area is 610 Å². The standard InChI is InChI=1S/C23H26NSi.C22H24NSi.2C22H22N.2Ir/c1-23(2,19-9-7-6-8-10-19)20-13-11-18(12-14-20)22-16-15-21(17-24-22)25(3,4)5;1-17(18-8-6-5-7-9-18)19-10-12-20(13-11-19)22-15-14-21(16-23-22)24(2,3)4;1-22(2,3)20-11-7-10-19(16-20)21-15-18(12-13-23-21)14-17-8-5-4-6-9-17;1-22(2,3)16-17-13-14-23-21(15-17)20-11-9-19(10-12-20)18-7-5-4-6-8-18;;/h6-11,13-17H,1-5H3;5-12,14-17H,1-4H3;4-9,11-13,15-16H,14H2,1-3H3;4-11,13-15H,16H2,1-3H3;;/q4*-1;;. The molecule has 8 aromatic carbocycles. The Morgan fingerprint density at radius 1 is 0.371 bits per heavy atom. The maximum atomic E-state index is 4.67. The van der Waals surface area contributed by atoms with Crippen molar-refractivity contribution >= 4 is 26.5 Å². The molecule has 8 heteroatoms. The number of pyridine rings is 4. The van der Waals surface area contributed by atoms with Gasteiger partial charge in [0.05, 0.1) is 16.1 Å². The molecule has 1 atom stereocenters. The first-order chi connectivity index (χ1) is 45.3. The van der Waals surface area contributed by atoms with Crippen LogP contribution in [0.4, 0.5) is 0 Å². The molecule has 0 spiro atoms. The van der Waals surface area contributed by atoms with Gasteiger partial charge in [-0.25, -0.2) is 0 Å². The second-order valence-electron chi connectivity index (χ2n) is 29.6. The van der Waals surface area contributed by atoms with Crippen LogP contribution in [0.15, 0.2) is 267 Å². The van der Waals surface area contributed by atoms with E-state index in [9.17, 15) is 0 Å². The number of rotatable bonds is 14. The minimum Gasteiger partial charge on any atom is -0.305 e. The number of aromatic nitrogens is 4. The number of benzene rings is 8. The normalized spacial score (nSPS) is 11.7. The molecule has 0 N–H and O–H groups in total. The first kappa shape index (κ1) is 76.5. The van der Waals surface area contributed by atoms with Gasteiger partial charge in [-0.1, -0.05) is 276 Å². The van der Waals surface area contributed by atoms with E-state index in [1.54, 1.807) is 0 Å². The van der Waals surface area contributed by atoms with Gasteiger partial charge in [0.2, 0.25) is 0 Å². The molecule has 0 bridgehead atoms. The molecular weight excluding hydrogens is 1570 g/mol. The topological polar surface area (TPSA) is 51.6 Å². The van der Waals surface area contributed by atoms with Crippen molar-refractivity contribution in [3.8, 4) is 56.2 Å². The third-order valence-electron chi connectivity index (χ3n) is 17.3. The van der Waals surface area contributed by atoms with Crippen molar-refractivity contribution in [3.05, 3.63) is 336 Å². The summed E-state index contributed by atoms with van der Waals surface area (Å²) in [5.41, 5.74) is 21.4. The Morgan fingerprint density at radius 3 is 1.36 bits per heavy atom. The third-order valence-corrected chi connectivity index (χ3v) is 21.3. The van der Waals surface area contributed by atoms with Gasteiger partial charge < -0.3 is 19.9 Å². The van der Waals surface area contributed by atoms with Gasteiger partial charge >= 0.3 is 0 Å². The van der Waals surface area contributed by atoms with E-state index in [-0.39, 0.29) is 56.5 Å². The van der Waals surface area contributed by atoms with E-state index in [2.05, 4.69) is 370 Å². The van der Waals surface area contributed by atoms with Crippen LogP contribution in [-0.2, 0) is 63.9 Å². The van der Waals surface area contributed by atoms with Crippen LogP contribution >= 0.6 is 0 Å². The fourth-order valence-corrected chi connectivity index (χ4v) is 13.2. The second kappa shape index (κ2) is 34.5. The summed E-state index contributed by atoms with van der Waals surface area (Å²) in [7, 11) is -2.59. The maximum absolute atomic E-state index is 4.67. The zero-order valence-corrected chi connectivity index (χ0v) is 66.1. The molecule has 0 aliphatic rings. The van der Waals surface area contributed by atoms with Gasteiger partial charge in [-0.3, -0.25) is 0 Å². The van der Waals surface area contributed by atoms with Gasteiger partial charge in [0, 0.05) is 65.0 Å². The van der Waals surface area contributed by atoms with Crippen LogP contribution in [0.2, 0.25) is 39.3 Å². The van der Waals surface area contributed by atoms with Crippen molar-refractivity contribution in [2.75, 3.05) is 0 Å². The molecule has 12 rings (SSSR count). The Bertz CT molecular complexity index is 4310. The van der Waals surface area contributed by atoms with E-state index < -0.39 is 16.1 Å². The summed E-state index contributed by atoms with van der Waals surface area (Å²) in [5, 5.41) is 2.78. The molecule has 4 aromatic heterocycles. The number of hydrogen-bond donors (Lipinski definition) is 0. The summed E-state index contributed by atoms with van der Waals surface area (Å²) in [6.45, 7) is 34.3. The summed E-state index contributed by atoms with van der Waals surface area (Å²) >= 11 is 0. The summed E-state index contributed by atoms with van der Waals surface area (Å²) in [4.78, 5) is 18.4. The quantitative estimate of drug-likeness (QED) is 0.0804. The molecule has 1 unspecified atom stereocenters. The smallest absolute Gasteiger partial charge is 0.0795 e. The second-order valence-corrected chi connectivity index (χ2v) is 39.8. The molecular formula is C89H94Ir2N4Si2-4. The average molecular weight is 1660 g/mol. The van der Waals surface area contributed by atoms with Crippen LogP contribution in [0.5, 0.6) is 0 Å². The van der Waals surface area contributed by atoms with Crippen molar-refractivity contribution in [1.82, 2.24) is 19.9 Å². The third kappa shape index (κ3) is 22.3. The molecule has 0 saturated heterocycles. The zero-order chi connectivity index (χ0) is 67.8. The molecule has 4 heterocycles. The number of nitrogens with zero attached hydrogens (tertiary/aromatic N) is 4. The molecule has 97 heavy (non-hydrogen) atoms. The van der Waals surface area contributed by atoms with Crippen LogP contribution in [-0.4, -0.2) is 36.1 Å². The molecule has 500 valence electrons. The van der Waals surface area contributed by atoms with Gasteiger partial charge in [0.15, 0.2) is 0 Å². The van der Waals surface area contributed by atoms with Crippen LogP contribution in [0.25, 0.3) is 56.2 Å². The van der Waals surface area contributed by atoms with Crippen molar-refractivity contribution in [2.24, 2.45) is 5.41 Å². The fraction of sp³-hybridized carbons (Fsp3) is 0.236. The monoisotopic (exact) mass is 1660 g/mol. The van der Waals surface area contributed by atoms with Gasteiger partial charge in [0.25, 0.3) is 0 Å². The van der Waals surface area contributed by atoms with E-state index >= 15 is 0 Å². The Morgan fingerprint density at radius 2 is 0.866 bits per heavy atom. The Balaban J connectivity index is 0.000000181. The summed E-state index contributed by atoms with van der Waals surface area (Å²) in [6, 6.07) is 98.4. The molecule has 0 saturated carbocycles. The summed E-state index contributed by atoms with van der Waals surface area (Å²) in [5.74, 6) is 0.374. The van der Waals surface area contributed by atoms with E-state index in [1.807, 2.05) is 43.0 Å². The maximum Gasteiger partial charge on any atom is 0.0795 e. The molecule has 12 aromatic rings. The van der Waals surface area contributed by atoms with Gasteiger partial charge in [-0.05, 0) is 103 Å². The average Bonchev–Trinajstić information content (AvgIpc) is 0.843. The van der Waals surface area contributed by atoms with Crippen molar-refractivity contribution in [2.45, 2.75) is 131 Å². The summed E-state index contributed by atoms with van der Waals surface area (Å²) < 4.78 is 0. The molecule has 2 radical (unpaired) electrons.